The second kappa shape index (κ2) is 13.3. The summed E-state index contributed by atoms with van der Waals surface area (Å²) in [4.78, 5) is 23.8. The lowest BCUT2D eigenvalue weighted by atomic mass is 10.0. The Morgan fingerprint density at radius 3 is 2.70 bits per heavy atom. The molecule has 0 aromatic carbocycles. The highest BCUT2D eigenvalue weighted by atomic mass is 19.4. The summed E-state index contributed by atoms with van der Waals surface area (Å²) in [6.07, 6.45) is 7.69. The van der Waals surface area contributed by atoms with Crippen LogP contribution in [-0.4, -0.2) is 82.8 Å². The molecule has 11 nitrogen and oxygen atoms in total. The van der Waals surface area contributed by atoms with Gasteiger partial charge in [-0.3, -0.25) is 14.5 Å². The van der Waals surface area contributed by atoms with Crippen molar-refractivity contribution in [3.05, 3.63) is 48.6 Å². The van der Waals surface area contributed by atoms with Crippen molar-refractivity contribution in [1.82, 2.24) is 44.5 Å². The molecule has 6 heterocycles. The predicted molar refractivity (Wildman–Crippen MR) is 155 cm³/mol. The molecule has 0 aliphatic carbocycles. The quantitative estimate of drug-likeness (QED) is 0.238. The zero-order chi connectivity index (χ0) is 30.5. The van der Waals surface area contributed by atoms with Gasteiger partial charge < -0.3 is 9.72 Å². The van der Waals surface area contributed by atoms with Gasteiger partial charge in [0.05, 0.1) is 30.2 Å². The van der Waals surface area contributed by atoms with Crippen LogP contribution in [-0.2, 0) is 19.3 Å². The zero-order valence-corrected chi connectivity index (χ0v) is 24.4. The first-order valence-electron chi connectivity index (χ1n) is 15.1. The number of unbranched alkanes of at least 4 members (excludes halogenated alkanes) is 1. The number of nitriles is 1. The van der Waals surface area contributed by atoms with Crippen molar-refractivity contribution in [3.63, 3.8) is 0 Å². The fourth-order valence-electron chi connectivity index (χ4n) is 6.15. The van der Waals surface area contributed by atoms with E-state index in [0.717, 1.165) is 61.1 Å². The topological polar surface area (TPSA) is 125 Å². The summed E-state index contributed by atoms with van der Waals surface area (Å²) in [6, 6.07) is 5.87. The van der Waals surface area contributed by atoms with E-state index in [1.165, 1.54) is 6.33 Å². The van der Waals surface area contributed by atoms with Gasteiger partial charge in [-0.15, -0.1) is 0 Å². The molecule has 4 aromatic heterocycles. The lowest BCUT2D eigenvalue weighted by Crippen LogP contribution is -2.46. The molecule has 0 saturated carbocycles. The van der Waals surface area contributed by atoms with Gasteiger partial charge in [-0.25, -0.2) is 15.0 Å². The van der Waals surface area contributed by atoms with Gasteiger partial charge in [0.15, 0.2) is 0 Å². The van der Waals surface area contributed by atoms with Crippen LogP contribution in [0, 0.1) is 11.3 Å². The van der Waals surface area contributed by atoms with Crippen LogP contribution in [0.1, 0.15) is 56.5 Å². The monoisotopic (exact) mass is 608 g/mol. The highest BCUT2D eigenvalue weighted by Gasteiger charge is 2.36. The molecule has 232 valence electrons. The van der Waals surface area contributed by atoms with Crippen molar-refractivity contribution >= 4 is 11.0 Å². The molecule has 0 amide bonds. The fourth-order valence-corrected chi connectivity index (χ4v) is 6.15. The SMILES string of the molecule is N#CCCC[C@@H](Cn1cc(-c2ncnc3[nH]ccc23)cn1)N1CCC(Oc2cc(CN3CCCC3)nc(C(F)(F)F)n2)CC1. The highest BCUT2D eigenvalue weighted by molar-refractivity contribution is 5.89. The number of nitrogens with zero attached hydrogens (tertiary/aromatic N) is 9. The Morgan fingerprint density at radius 2 is 1.93 bits per heavy atom. The molecule has 0 spiro atoms. The average molecular weight is 609 g/mol. The molecule has 2 aliphatic heterocycles. The first kappa shape index (κ1) is 30.0. The summed E-state index contributed by atoms with van der Waals surface area (Å²) >= 11 is 0. The number of ether oxygens (including phenoxy) is 1. The molecule has 14 heteroatoms. The maximum absolute atomic E-state index is 13.6. The smallest absolute Gasteiger partial charge is 0.451 e. The van der Waals surface area contributed by atoms with Crippen LogP contribution in [0.15, 0.2) is 37.1 Å². The van der Waals surface area contributed by atoms with Gasteiger partial charge in [-0.2, -0.15) is 28.5 Å². The molecule has 1 N–H and O–H groups in total. The Balaban J connectivity index is 1.11. The van der Waals surface area contributed by atoms with Gasteiger partial charge in [0.1, 0.15) is 18.1 Å². The number of rotatable bonds is 11. The van der Waals surface area contributed by atoms with Crippen LogP contribution >= 0.6 is 0 Å². The number of alkyl halides is 3. The van der Waals surface area contributed by atoms with Crippen LogP contribution in [0.3, 0.4) is 0 Å². The number of hydrogen-bond donors (Lipinski definition) is 1. The number of nitrogens with one attached hydrogen (secondary N) is 1. The second-order valence-corrected chi connectivity index (χ2v) is 11.5. The normalized spacial score (nSPS) is 17.7. The number of halogens is 3. The van der Waals surface area contributed by atoms with E-state index in [9.17, 15) is 13.2 Å². The Labute approximate surface area is 253 Å². The van der Waals surface area contributed by atoms with Gasteiger partial charge in [0, 0.05) is 61.5 Å². The molecule has 2 aliphatic rings. The summed E-state index contributed by atoms with van der Waals surface area (Å²) in [5, 5.41) is 14.7. The van der Waals surface area contributed by atoms with Crippen LogP contribution in [0.2, 0.25) is 0 Å². The van der Waals surface area contributed by atoms with Gasteiger partial charge >= 0.3 is 6.18 Å². The molecular weight excluding hydrogens is 573 g/mol. The molecule has 2 fully saturated rings. The van der Waals surface area contributed by atoms with E-state index in [1.807, 2.05) is 23.1 Å². The lowest BCUT2D eigenvalue weighted by Gasteiger charge is -2.37. The minimum atomic E-state index is -4.65. The standard InChI is InChI=1S/C30H35F3N10O/c31-30(32,33)29-39-22(18-41-11-3-4-12-41)15-26(40-29)44-24-7-13-42(14-8-24)23(5-1-2-9-34)19-43-17-21(16-38-43)27-25-6-10-35-28(25)37-20-36-27/h6,10,15-17,20,23-24H,1-5,7-8,11-14,18-19H2,(H,35,36,37)/t23-/m0/s1. The number of aromatic amines is 1. The number of fused-ring (bicyclic) bond motifs is 1. The summed E-state index contributed by atoms with van der Waals surface area (Å²) in [7, 11) is 0. The molecule has 0 unspecified atom stereocenters. The maximum atomic E-state index is 13.6. The molecule has 2 saturated heterocycles. The van der Waals surface area contributed by atoms with Crippen LogP contribution in [0.25, 0.3) is 22.3 Å². The highest BCUT2D eigenvalue weighted by Crippen LogP contribution is 2.30. The fraction of sp³-hybridized carbons (Fsp3) is 0.533. The zero-order valence-electron chi connectivity index (χ0n) is 24.4. The Morgan fingerprint density at radius 1 is 1.11 bits per heavy atom. The first-order chi connectivity index (χ1) is 21.4. The van der Waals surface area contributed by atoms with Crippen LogP contribution in [0.5, 0.6) is 5.88 Å². The Hall–Kier alpha value is -4.09. The van der Waals surface area contributed by atoms with Gasteiger partial charge in [-0.05, 0) is 57.7 Å². The number of piperidine rings is 1. The number of likely N-dealkylation sites (tertiary alicyclic amines) is 2. The molecular formula is C30H35F3N10O. The van der Waals surface area contributed by atoms with E-state index >= 15 is 0 Å². The molecule has 0 bridgehead atoms. The van der Waals surface area contributed by atoms with Gasteiger partial charge in [0.25, 0.3) is 0 Å². The Bertz CT molecular complexity index is 1580. The van der Waals surface area contributed by atoms with Gasteiger partial charge in [-0.1, -0.05) is 0 Å². The predicted octanol–water partition coefficient (Wildman–Crippen LogP) is 4.83. The van der Waals surface area contributed by atoms with Crippen LogP contribution < -0.4 is 4.74 Å². The third-order valence-corrected chi connectivity index (χ3v) is 8.36. The largest absolute Gasteiger partial charge is 0.474 e. The summed E-state index contributed by atoms with van der Waals surface area (Å²) in [5.41, 5.74) is 2.80. The third kappa shape index (κ3) is 7.16. The van der Waals surface area contributed by atoms with Crippen molar-refractivity contribution < 1.29 is 17.9 Å². The van der Waals surface area contributed by atoms with Crippen molar-refractivity contribution in [2.45, 2.75) is 76.4 Å². The van der Waals surface area contributed by atoms with Crippen molar-refractivity contribution in [3.8, 4) is 23.2 Å². The maximum Gasteiger partial charge on any atom is 0.451 e. The second-order valence-electron chi connectivity index (χ2n) is 11.5. The average Bonchev–Trinajstić information content (AvgIpc) is 3.79. The van der Waals surface area contributed by atoms with Crippen molar-refractivity contribution in [2.24, 2.45) is 0 Å². The van der Waals surface area contributed by atoms with E-state index in [-0.39, 0.29) is 18.0 Å². The van der Waals surface area contributed by atoms with E-state index < -0.39 is 12.0 Å². The molecule has 44 heavy (non-hydrogen) atoms. The van der Waals surface area contributed by atoms with E-state index in [2.05, 4.69) is 45.9 Å². The molecule has 0 radical (unpaired) electrons. The number of aromatic nitrogens is 7. The molecule has 4 aromatic rings. The van der Waals surface area contributed by atoms with E-state index in [0.29, 0.717) is 51.1 Å². The third-order valence-electron chi connectivity index (χ3n) is 8.36. The molecule has 6 rings (SSSR count). The molecule has 1 atom stereocenters. The summed E-state index contributed by atoms with van der Waals surface area (Å²) in [5.74, 6) is -1.17. The van der Waals surface area contributed by atoms with E-state index in [1.54, 1.807) is 12.3 Å². The summed E-state index contributed by atoms with van der Waals surface area (Å²) < 4.78 is 48.8. The number of hydrogen-bond acceptors (Lipinski definition) is 9. The van der Waals surface area contributed by atoms with Crippen LogP contribution in [0.4, 0.5) is 13.2 Å². The minimum Gasteiger partial charge on any atom is -0.474 e. The minimum absolute atomic E-state index is 0.0177. The van der Waals surface area contributed by atoms with Crippen molar-refractivity contribution in [1.29, 1.82) is 5.26 Å². The van der Waals surface area contributed by atoms with Crippen molar-refractivity contribution in [2.75, 3.05) is 26.2 Å². The first-order valence-corrected chi connectivity index (χ1v) is 15.1. The van der Waals surface area contributed by atoms with Gasteiger partial charge in [0.2, 0.25) is 11.7 Å². The lowest BCUT2D eigenvalue weighted by molar-refractivity contribution is -0.145. The number of H-pyrrole nitrogens is 1. The summed E-state index contributed by atoms with van der Waals surface area (Å²) in [6.45, 7) is 4.12. The Kier molecular flexibility index (Phi) is 9.04. The van der Waals surface area contributed by atoms with E-state index in [4.69, 9.17) is 10.00 Å².